The van der Waals surface area contributed by atoms with Crippen molar-refractivity contribution in [2.24, 2.45) is 5.92 Å². The fraction of sp³-hybridized carbons (Fsp3) is 0.333. The topological polar surface area (TPSA) is 12.0 Å². The van der Waals surface area contributed by atoms with Crippen LogP contribution in [-0.4, -0.2) is 0 Å². The van der Waals surface area contributed by atoms with Gasteiger partial charge in [-0.25, -0.2) is 0 Å². The Bertz CT molecular complexity index is 745. The molecule has 0 radical (unpaired) electrons. The molecule has 4 rings (SSSR count). The number of halogens is 1. The Morgan fingerprint density at radius 3 is 2.61 bits per heavy atom. The van der Waals surface area contributed by atoms with Crippen LogP contribution in [0.5, 0.6) is 0 Å². The summed E-state index contributed by atoms with van der Waals surface area (Å²) < 4.78 is 1.16. The largest absolute Gasteiger partial charge is 0.377 e. The van der Waals surface area contributed by atoms with Crippen LogP contribution in [0.1, 0.15) is 54.8 Å². The molecular weight excluding hydrogens is 346 g/mol. The monoisotopic (exact) mass is 367 g/mol. The molecule has 1 heterocycles. The van der Waals surface area contributed by atoms with Crippen LogP contribution in [0.25, 0.3) is 0 Å². The van der Waals surface area contributed by atoms with Crippen LogP contribution < -0.4 is 5.32 Å². The first-order chi connectivity index (χ1) is 11.1. The first kappa shape index (κ1) is 15.0. The van der Waals surface area contributed by atoms with Gasteiger partial charge in [0, 0.05) is 10.4 Å². The van der Waals surface area contributed by atoms with Gasteiger partial charge in [0.15, 0.2) is 0 Å². The third kappa shape index (κ3) is 2.53. The summed E-state index contributed by atoms with van der Waals surface area (Å²) in [6.07, 6.45) is 5.90. The van der Waals surface area contributed by atoms with E-state index in [-0.39, 0.29) is 0 Å². The van der Waals surface area contributed by atoms with Crippen LogP contribution in [0.4, 0.5) is 5.69 Å². The summed E-state index contributed by atoms with van der Waals surface area (Å²) in [7, 11) is 0. The lowest BCUT2D eigenvalue weighted by molar-refractivity contribution is 0.425. The van der Waals surface area contributed by atoms with Crippen molar-refractivity contribution >= 4 is 21.6 Å². The van der Waals surface area contributed by atoms with Gasteiger partial charge < -0.3 is 5.32 Å². The van der Waals surface area contributed by atoms with E-state index in [1.807, 2.05) is 0 Å². The number of hydrogen-bond donors (Lipinski definition) is 1. The van der Waals surface area contributed by atoms with Gasteiger partial charge in [-0.15, -0.1) is 0 Å². The summed E-state index contributed by atoms with van der Waals surface area (Å²) in [5, 5.41) is 3.81. The average Bonchev–Trinajstić information content (AvgIpc) is 3.04. The first-order valence-corrected chi connectivity index (χ1v) is 9.26. The molecule has 0 bridgehead atoms. The predicted octanol–water partition coefficient (Wildman–Crippen LogP) is 6.40. The van der Waals surface area contributed by atoms with Crippen LogP contribution in [0.15, 0.2) is 59.1 Å². The van der Waals surface area contributed by atoms with Gasteiger partial charge in [0.05, 0.1) is 11.7 Å². The van der Waals surface area contributed by atoms with Crippen molar-refractivity contribution < 1.29 is 0 Å². The smallest absolute Gasteiger partial charge is 0.0554 e. The second-order valence-corrected chi connectivity index (χ2v) is 7.86. The summed E-state index contributed by atoms with van der Waals surface area (Å²) in [6, 6.07) is 16.1. The minimum absolute atomic E-state index is 0.377. The van der Waals surface area contributed by atoms with Crippen LogP contribution in [0, 0.1) is 5.92 Å². The summed E-state index contributed by atoms with van der Waals surface area (Å²) in [5.41, 5.74) is 5.49. The molecule has 2 aromatic rings. The third-order valence-corrected chi connectivity index (χ3v) is 5.97. The molecule has 1 aliphatic carbocycles. The molecule has 0 fully saturated rings. The Kier molecular flexibility index (Phi) is 3.81. The van der Waals surface area contributed by atoms with Gasteiger partial charge in [-0.2, -0.15) is 0 Å². The number of benzene rings is 2. The Morgan fingerprint density at radius 2 is 1.87 bits per heavy atom. The average molecular weight is 368 g/mol. The van der Waals surface area contributed by atoms with Gasteiger partial charge in [-0.1, -0.05) is 62.4 Å². The summed E-state index contributed by atoms with van der Waals surface area (Å²) in [5.74, 6) is 1.72. The number of fused-ring (bicyclic) bond motifs is 3. The maximum atomic E-state index is 3.81. The second kappa shape index (κ2) is 5.83. The highest BCUT2D eigenvalue weighted by atomic mass is 79.9. The van der Waals surface area contributed by atoms with Crippen molar-refractivity contribution in [2.45, 2.75) is 38.1 Å². The minimum atomic E-state index is 0.377. The van der Waals surface area contributed by atoms with Gasteiger partial charge in [0.1, 0.15) is 0 Å². The summed E-state index contributed by atoms with van der Waals surface area (Å²) in [4.78, 5) is 0. The number of hydrogen-bond acceptors (Lipinski definition) is 1. The zero-order chi connectivity index (χ0) is 16.0. The first-order valence-electron chi connectivity index (χ1n) is 8.46. The molecule has 0 amide bonds. The minimum Gasteiger partial charge on any atom is -0.377 e. The molecule has 0 saturated carbocycles. The normalized spacial score (nSPS) is 25.1. The van der Waals surface area contributed by atoms with Gasteiger partial charge in [-0.3, -0.25) is 0 Å². The Hall–Kier alpha value is -1.54. The summed E-state index contributed by atoms with van der Waals surface area (Å²) >= 11 is 3.72. The zero-order valence-corrected chi connectivity index (χ0v) is 15.2. The number of nitrogens with one attached hydrogen (secondary N) is 1. The molecule has 0 aromatic heterocycles. The van der Waals surface area contributed by atoms with Gasteiger partial charge in [0.25, 0.3) is 0 Å². The lowest BCUT2D eigenvalue weighted by atomic mass is 9.77. The van der Waals surface area contributed by atoms with Gasteiger partial charge >= 0.3 is 0 Å². The molecule has 2 aliphatic rings. The van der Waals surface area contributed by atoms with Crippen molar-refractivity contribution in [2.75, 3.05) is 5.32 Å². The molecule has 0 spiro atoms. The molecule has 2 heteroatoms. The van der Waals surface area contributed by atoms with Crippen LogP contribution in [0.2, 0.25) is 0 Å². The zero-order valence-electron chi connectivity index (χ0n) is 13.6. The molecule has 3 atom stereocenters. The van der Waals surface area contributed by atoms with Crippen molar-refractivity contribution in [1.82, 2.24) is 0 Å². The van der Waals surface area contributed by atoms with Crippen LogP contribution in [0.3, 0.4) is 0 Å². The van der Waals surface area contributed by atoms with Crippen LogP contribution >= 0.6 is 15.9 Å². The number of para-hydroxylation sites is 1. The highest BCUT2D eigenvalue weighted by molar-refractivity contribution is 9.10. The second-order valence-electron chi connectivity index (χ2n) is 7.00. The fourth-order valence-corrected chi connectivity index (χ4v) is 4.50. The predicted molar refractivity (Wildman–Crippen MR) is 101 cm³/mol. The summed E-state index contributed by atoms with van der Waals surface area (Å²) in [6.45, 7) is 4.50. The van der Waals surface area contributed by atoms with Crippen molar-refractivity contribution in [3.63, 3.8) is 0 Å². The maximum Gasteiger partial charge on any atom is 0.0554 e. The fourth-order valence-electron chi connectivity index (χ4n) is 4.00. The quantitative estimate of drug-likeness (QED) is 0.605. The molecule has 1 nitrogen and oxygen atoms in total. The SMILES string of the molecule is CC(C)c1ccc([C@@H]2Nc3c(Br)cccc3[C@H]3C=CC[C@@H]32)cc1. The van der Waals surface area contributed by atoms with E-state index in [0.717, 1.165) is 10.9 Å². The Labute approximate surface area is 146 Å². The lowest BCUT2D eigenvalue weighted by Crippen LogP contribution is -2.29. The molecule has 2 aromatic carbocycles. The van der Waals surface area contributed by atoms with E-state index in [0.29, 0.717) is 23.8 Å². The maximum absolute atomic E-state index is 3.81. The van der Waals surface area contributed by atoms with E-state index >= 15 is 0 Å². The van der Waals surface area contributed by atoms with E-state index < -0.39 is 0 Å². The number of allylic oxidation sites excluding steroid dienone is 2. The van der Waals surface area contributed by atoms with E-state index in [1.165, 1.54) is 22.4 Å². The van der Waals surface area contributed by atoms with Crippen molar-refractivity contribution in [3.05, 3.63) is 75.8 Å². The molecular formula is C21H22BrN. The van der Waals surface area contributed by atoms with Gasteiger partial charge in [0.2, 0.25) is 0 Å². The molecule has 1 aliphatic heterocycles. The molecule has 0 unspecified atom stereocenters. The Balaban J connectivity index is 1.74. The Morgan fingerprint density at radius 1 is 1.09 bits per heavy atom. The molecule has 118 valence electrons. The number of anilines is 1. The highest BCUT2D eigenvalue weighted by Crippen LogP contribution is 2.51. The van der Waals surface area contributed by atoms with Crippen molar-refractivity contribution in [3.8, 4) is 0 Å². The van der Waals surface area contributed by atoms with Gasteiger partial charge in [-0.05, 0) is 56.9 Å². The lowest BCUT2D eigenvalue weighted by Gasteiger charge is -2.38. The third-order valence-electron chi connectivity index (χ3n) is 5.31. The molecule has 1 N–H and O–H groups in total. The van der Waals surface area contributed by atoms with Crippen molar-refractivity contribution in [1.29, 1.82) is 0 Å². The number of rotatable bonds is 2. The van der Waals surface area contributed by atoms with E-state index in [4.69, 9.17) is 0 Å². The van der Waals surface area contributed by atoms with E-state index in [1.54, 1.807) is 0 Å². The van der Waals surface area contributed by atoms with E-state index in [9.17, 15) is 0 Å². The van der Waals surface area contributed by atoms with E-state index in [2.05, 4.69) is 89.7 Å². The molecule has 0 saturated heterocycles. The van der Waals surface area contributed by atoms with Crippen LogP contribution in [-0.2, 0) is 0 Å². The standard InChI is InChI=1S/C21H22BrN/c1-13(2)14-9-11-15(12-10-14)20-17-6-3-5-16(17)18-7-4-8-19(22)21(18)23-20/h3-5,7-13,16-17,20,23H,6H2,1-2H3/t16-,17-,20-/m0/s1. The molecule has 23 heavy (non-hydrogen) atoms. The highest BCUT2D eigenvalue weighted by Gasteiger charge is 2.38.